The summed E-state index contributed by atoms with van der Waals surface area (Å²) in [4.78, 5) is 5.65. The maximum atomic E-state index is 4.56. The van der Waals surface area contributed by atoms with Gasteiger partial charge in [-0.3, -0.25) is 4.40 Å². The summed E-state index contributed by atoms with van der Waals surface area (Å²) in [5.74, 6) is 0. The Bertz CT molecular complexity index is 534. The molecule has 0 saturated carbocycles. The number of hydrogen-bond acceptors (Lipinski definition) is 3. The normalized spacial score (nSPS) is 12.6. The molecule has 4 heteroatoms. The Morgan fingerprint density at radius 1 is 1.56 bits per heavy atom. The van der Waals surface area contributed by atoms with Crippen molar-refractivity contribution in [3.63, 3.8) is 0 Å². The molecule has 86 valence electrons. The standard InChI is InChI=1S/C12H17N3S/c1-8(6-13-4)5-11-10(3)14-12-15(11)9(2)7-16-12/h5,7,13H,6H2,1-4H3. The van der Waals surface area contributed by atoms with Gasteiger partial charge in [-0.05, 0) is 33.9 Å². The van der Waals surface area contributed by atoms with E-state index in [0.717, 1.165) is 17.2 Å². The van der Waals surface area contributed by atoms with Crippen LogP contribution in [0.4, 0.5) is 0 Å². The van der Waals surface area contributed by atoms with Crippen molar-refractivity contribution in [3.05, 3.63) is 28.0 Å². The molecule has 0 aromatic carbocycles. The second-order valence-corrected chi connectivity index (χ2v) is 4.94. The third kappa shape index (κ3) is 1.90. The molecule has 0 spiro atoms. The summed E-state index contributed by atoms with van der Waals surface area (Å²) in [6.07, 6.45) is 2.21. The fourth-order valence-electron chi connectivity index (χ4n) is 1.86. The Kier molecular flexibility index (Phi) is 3.12. The van der Waals surface area contributed by atoms with E-state index in [-0.39, 0.29) is 0 Å². The molecular weight excluding hydrogens is 218 g/mol. The van der Waals surface area contributed by atoms with Crippen LogP contribution in [0.5, 0.6) is 0 Å². The molecule has 1 N–H and O–H groups in total. The first-order chi connectivity index (χ1) is 7.63. The molecule has 0 aliphatic carbocycles. The average Bonchev–Trinajstić information content (AvgIpc) is 2.70. The molecule has 0 saturated heterocycles. The summed E-state index contributed by atoms with van der Waals surface area (Å²) in [6.45, 7) is 7.24. The molecule has 2 aromatic heterocycles. The van der Waals surface area contributed by atoms with Gasteiger partial charge in [-0.15, -0.1) is 11.3 Å². The van der Waals surface area contributed by atoms with Crippen molar-refractivity contribution in [1.29, 1.82) is 0 Å². The Balaban J connectivity index is 2.54. The molecule has 0 unspecified atom stereocenters. The fourth-order valence-corrected chi connectivity index (χ4v) is 2.78. The Labute approximate surface area is 99.8 Å². The lowest BCUT2D eigenvalue weighted by Gasteiger charge is -2.01. The largest absolute Gasteiger partial charge is 0.316 e. The Hall–Kier alpha value is -1.13. The van der Waals surface area contributed by atoms with Gasteiger partial charge in [0.1, 0.15) is 0 Å². The van der Waals surface area contributed by atoms with Crippen LogP contribution in [0.15, 0.2) is 11.0 Å². The van der Waals surface area contributed by atoms with Gasteiger partial charge < -0.3 is 5.32 Å². The third-order valence-electron chi connectivity index (χ3n) is 2.59. The molecular formula is C12H17N3S. The first-order valence-electron chi connectivity index (χ1n) is 5.38. The highest BCUT2D eigenvalue weighted by Crippen LogP contribution is 2.22. The molecule has 2 aromatic rings. The van der Waals surface area contributed by atoms with Crippen molar-refractivity contribution in [2.45, 2.75) is 20.8 Å². The second kappa shape index (κ2) is 4.39. The fraction of sp³-hybridized carbons (Fsp3) is 0.417. The van der Waals surface area contributed by atoms with E-state index in [0.29, 0.717) is 0 Å². The lowest BCUT2D eigenvalue weighted by molar-refractivity contribution is 0.883. The first-order valence-corrected chi connectivity index (χ1v) is 6.26. The smallest absolute Gasteiger partial charge is 0.194 e. The summed E-state index contributed by atoms with van der Waals surface area (Å²) in [5.41, 5.74) is 4.88. The van der Waals surface area contributed by atoms with Crippen LogP contribution in [0, 0.1) is 13.8 Å². The van der Waals surface area contributed by atoms with Crippen molar-refractivity contribution in [1.82, 2.24) is 14.7 Å². The van der Waals surface area contributed by atoms with Crippen molar-refractivity contribution >= 4 is 22.4 Å². The van der Waals surface area contributed by atoms with Gasteiger partial charge in [0.2, 0.25) is 0 Å². The highest BCUT2D eigenvalue weighted by atomic mass is 32.1. The molecule has 2 heterocycles. The van der Waals surface area contributed by atoms with Crippen LogP contribution in [-0.2, 0) is 0 Å². The lowest BCUT2D eigenvalue weighted by Crippen LogP contribution is -2.08. The monoisotopic (exact) mass is 235 g/mol. The first kappa shape index (κ1) is 11.4. The molecule has 0 fully saturated rings. The van der Waals surface area contributed by atoms with Crippen molar-refractivity contribution in [3.8, 4) is 0 Å². The zero-order chi connectivity index (χ0) is 11.7. The molecule has 0 aliphatic rings. The van der Waals surface area contributed by atoms with E-state index in [1.807, 2.05) is 7.05 Å². The van der Waals surface area contributed by atoms with E-state index >= 15 is 0 Å². The van der Waals surface area contributed by atoms with Crippen LogP contribution in [0.3, 0.4) is 0 Å². The van der Waals surface area contributed by atoms with Gasteiger partial charge in [0, 0.05) is 17.6 Å². The van der Waals surface area contributed by atoms with E-state index in [1.54, 1.807) is 11.3 Å². The topological polar surface area (TPSA) is 29.3 Å². The number of hydrogen-bond donors (Lipinski definition) is 1. The van der Waals surface area contributed by atoms with Crippen LogP contribution in [0.2, 0.25) is 0 Å². The highest BCUT2D eigenvalue weighted by molar-refractivity contribution is 7.15. The zero-order valence-corrected chi connectivity index (χ0v) is 11.0. The molecule has 3 nitrogen and oxygen atoms in total. The number of aryl methyl sites for hydroxylation is 2. The second-order valence-electron chi connectivity index (χ2n) is 4.10. The summed E-state index contributed by atoms with van der Waals surface area (Å²) in [5, 5.41) is 5.31. The quantitative estimate of drug-likeness (QED) is 0.886. The van der Waals surface area contributed by atoms with Gasteiger partial charge in [-0.1, -0.05) is 5.57 Å². The summed E-state index contributed by atoms with van der Waals surface area (Å²) in [7, 11) is 1.96. The number of nitrogens with zero attached hydrogens (tertiary/aromatic N) is 2. The molecule has 16 heavy (non-hydrogen) atoms. The number of thiazole rings is 1. The van der Waals surface area contributed by atoms with Gasteiger partial charge >= 0.3 is 0 Å². The Morgan fingerprint density at radius 2 is 2.31 bits per heavy atom. The SMILES string of the molecule is CNCC(C)=Cc1c(C)nc2scc(C)n12. The van der Waals surface area contributed by atoms with Crippen molar-refractivity contribution in [2.75, 3.05) is 13.6 Å². The van der Waals surface area contributed by atoms with Crippen LogP contribution < -0.4 is 5.32 Å². The van der Waals surface area contributed by atoms with Crippen molar-refractivity contribution in [2.24, 2.45) is 0 Å². The minimum absolute atomic E-state index is 0.913. The number of rotatable bonds is 3. The predicted molar refractivity (Wildman–Crippen MR) is 70.1 cm³/mol. The van der Waals surface area contributed by atoms with Crippen LogP contribution in [0.1, 0.15) is 24.0 Å². The maximum absolute atomic E-state index is 4.56. The number of likely N-dealkylation sites (N-methyl/N-ethyl adjacent to an activating group) is 1. The highest BCUT2D eigenvalue weighted by Gasteiger charge is 2.09. The van der Waals surface area contributed by atoms with Gasteiger partial charge in [0.25, 0.3) is 0 Å². The number of aromatic nitrogens is 2. The maximum Gasteiger partial charge on any atom is 0.194 e. The average molecular weight is 235 g/mol. The number of fused-ring (bicyclic) bond motifs is 1. The van der Waals surface area contributed by atoms with Gasteiger partial charge in [0.05, 0.1) is 11.4 Å². The van der Waals surface area contributed by atoms with Crippen molar-refractivity contribution < 1.29 is 0 Å². The zero-order valence-electron chi connectivity index (χ0n) is 10.2. The van der Waals surface area contributed by atoms with Gasteiger partial charge in [0.15, 0.2) is 4.96 Å². The van der Waals surface area contributed by atoms with E-state index in [9.17, 15) is 0 Å². The summed E-state index contributed by atoms with van der Waals surface area (Å²) in [6, 6.07) is 0. The minimum Gasteiger partial charge on any atom is -0.316 e. The van der Waals surface area contributed by atoms with Gasteiger partial charge in [-0.25, -0.2) is 4.98 Å². The Morgan fingerprint density at radius 3 is 3.00 bits per heavy atom. The predicted octanol–water partition coefficient (Wildman–Crippen LogP) is 2.64. The third-order valence-corrected chi connectivity index (χ3v) is 3.54. The molecule has 2 rings (SSSR count). The molecule has 0 aliphatic heterocycles. The van der Waals surface area contributed by atoms with E-state index < -0.39 is 0 Å². The lowest BCUT2D eigenvalue weighted by atomic mass is 10.2. The van der Waals surface area contributed by atoms with Crippen LogP contribution >= 0.6 is 11.3 Å². The van der Waals surface area contributed by atoms with Crippen LogP contribution in [0.25, 0.3) is 11.0 Å². The molecule has 0 radical (unpaired) electrons. The number of imidazole rings is 1. The molecule has 0 bridgehead atoms. The van der Waals surface area contributed by atoms with Gasteiger partial charge in [-0.2, -0.15) is 0 Å². The number of nitrogens with one attached hydrogen (secondary N) is 1. The molecule has 0 amide bonds. The summed E-state index contributed by atoms with van der Waals surface area (Å²) < 4.78 is 2.22. The minimum atomic E-state index is 0.913. The van der Waals surface area contributed by atoms with E-state index in [1.165, 1.54) is 17.0 Å². The van der Waals surface area contributed by atoms with Crippen LogP contribution in [-0.4, -0.2) is 23.0 Å². The summed E-state index contributed by atoms with van der Waals surface area (Å²) >= 11 is 1.70. The molecule has 0 atom stereocenters. The van der Waals surface area contributed by atoms with E-state index in [4.69, 9.17) is 0 Å². The van der Waals surface area contributed by atoms with E-state index in [2.05, 4.69) is 46.9 Å².